The smallest absolute Gasteiger partial charge is 0.254 e. The molecule has 0 radical (unpaired) electrons. The highest BCUT2D eigenvalue weighted by atomic mass is 19.1. The molecule has 0 aliphatic heterocycles. The third-order valence-corrected chi connectivity index (χ3v) is 3.77. The van der Waals surface area contributed by atoms with Crippen molar-refractivity contribution >= 4 is 11.6 Å². The van der Waals surface area contributed by atoms with E-state index in [9.17, 15) is 13.6 Å². The molecule has 5 heteroatoms. The van der Waals surface area contributed by atoms with Crippen molar-refractivity contribution in [1.82, 2.24) is 4.90 Å². The standard InChI is InChI=1S/C14H18F2N2O/c1-8(9-4-5-9)18(3)14(19)10-6-11(15)13(17-2)12(16)7-10/h6-9,17H,4-5H2,1-3H3. The Kier molecular flexibility index (Phi) is 3.73. The molecule has 1 aromatic rings. The number of hydrogen-bond acceptors (Lipinski definition) is 2. The van der Waals surface area contributed by atoms with Gasteiger partial charge in [0.25, 0.3) is 5.91 Å². The van der Waals surface area contributed by atoms with Crippen LogP contribution in [0.1, 0.15) is 30.1 Å². The summed E-state index contributed by atoms with van der Waals surface area (Å²) in [5.41, 5.74) is -0.168. The number of carbonyl (C=O) groups excluding carboxylic acids is 1. The first-order chi connectivity index (χ1) is 8.95. The minimum atomic E-state index is -0.752. The molecule has 1 N–H and O–H groups in total. The fraction of sp³-hybridized carbons (Fsp3) is 0.500. The van der Waals surface area contributed by atoms with E-state index in [-0.39, 0.29) is 23.2 Å². The lowest BCUT2D eigenvalue weighted by Gasteiger charge is -2.25. The van der Waals surface area contributed by atoms with Crippen LogP contribution in [0.3, 0.4) is 0 Å². The maximum Gasteiger partial charge on any atom is 0.254 e. The van der Waals surface area contributed by atoms with Crippen LogP contribution in [0.5, 0.6) is 0 Å². The maximum absolute atomic E-state index is 13.6. The van der Waals surface area contributed by atoms with E-state index in [2.05, 4.69) is 5.32 Å². The molecule has 1 aliphatic rings. The van der Waals surface area contributed by atoms with E-state index in [0.717, 1.165) is 25.0 Å². The zero-order valence-electron chi connectivity index (χ0n) is 11.3. The van der Waals surface area contributed by atoms with Crippen LogP contribution in [0, 0.1) is 17.6 Å². The van der Waals surface area contributed by atoms with Gasteiger partial charge in [0.2, 0.25) is 0 Å². The molecular formula is C14H18F2N2O. The Bertz CT molecular complexity index is 477. The second kappa shape index (κ2) is 5.15. The molecule has 3 nitrogen and oxygen atoms in total. The van der Waals surface area contributed by atoms with E-state index in [1.165, 1.54) is 7.05 Å². The van der Waals surface area contributed by atoms with Crippen molar-refractivity contribution in [2.45, 2.75) is 25.8 Å². The molecule has 0 saturated heterocycles. The fourth-order valence-electron chi connectivity index (χ4n) is 2.22. The van der Waals surface area contributed by atoms with Crippen LogP contribution >= 0.6 is 0 Å². The lowest BCUT2D eigenvalue weighted by atomic mass is 10.1. The first kappa shape index (κ1) is 13.8. The lowest BCUT2D eigenvalue weighted by molar-refractivity contribution is 0.0726. The van der Waals surface area contributed by atoms with Crippen molar-refractivity contribution in [3.63, 3.8) is 0 Å². The van der Waals surface area contributed by atoms with Crippen LogP contribution in [0.2, 0.25) is 0 Å². The van der Waals surface area contributed by atoms with Gasteiger partial charge >= 0.3 is 0 Å². The molecular weight excluding hydrogens is 250 g/mol. The van der Waals surface area contributed by atoms with Crippen molar-refractivity contribution in [2.24, 2.45) is 5.92 Å². The quantitative estimate of drug-likeness (QED) is 0.910. The van der Waals surface area contributed by atoms with Crippen LogP contribution in [0.25, 0.3) is 0 Å². The van der Waals surface area contributed by atoms with Gasteiger partial charge in [0.15, 0.2) is 0 Å². The summed E-state index contributed by atoms with van der Waals surface area (Å²) >= 11 is 0. The number of halogens is 2. The molecule has 1 amide bonds. The zero-order chi connectivity index (χ0) is 14.2. The number of anilines is 1. The predicted octanol–water partition coefficient (Wildman–Crippen LogP) is 2.88. The molecule has 0 heterocycles. The lowest BCUT2D eigenvalue weighted by Crippen LogP contribution is -2.36. The van der Waals surface area contributed by atoms with Crippen molar-refractivity contribution in [3.8, 4) is 0 Å². The Hall–Kier alpha value is -1.65. The molecule has 0 bridgehead atoms. The van der Waals surface area contributed by atoms with Crippen molar-refractivity contribution < 1.29 is 13.6 Å². The SMILES string of the molecule is CNc1c(F)cc(C(=O)N(C)C(C)C2CC2)cc1F. The number of nitrogens with one attached hydrogen (secondary N) is 1. The first-order valence-corrected chi connectivity index (χ1v) is 6.39. The van der Waals surface area contributed by atoms with Gasteiger partial charge in [-0.3, -0.25) is 4.79 Å². The van der Waals surface area contributed by atoms with Crippen molar-refractivity contribution in [1.29, 1.82) is 0 Å². The van der Waals surface area contributed by atoms with Crippen molar-refractivity contribution in [2.75, 3.05) is 19.4 Å². The number of rotatable bonds is 4. The van der Waals surface area contributed by atoms with Gasteiger partial charge in [0.1, 0.15) is 17.3 Å². The third kappa shape index (κ3) is 2.69. The van der Waals surface area contributed by atoms with Crippen molar-refractivity contribution in [3.05, 3.63) is 29.3 Å². The van der Waals surface area contributed by atoms with Crippen LogP contribution in [-0.2, 0) is 0 Å². The largest absolute Gasteiger partial charge is 0.383 e. The normalized spacial score (nSPS) is 16.1. The highest BCUT2D eigenvalue weighted by Crippen LogP contribution is 2.35. The molecule has 19 heavy (non-hydrogen) atoms. The average molecular weight is 268 g/mol. The Morgan fingerprint density at radius 3 is 2.32 bits per heavy atom. The number of nitrogens with zero attached hydrogens (tertiary/aromatic N) is 1. The van der Waals surface area contributed by atoms with E-state index in [0.29, 0.717) is 5.92 Å². The number of amides is 1. The molecule has 104 valence electrons. The summed E-state index contributed by atoms with van der Waals surface area (Å²) in [6.45, 7) is 1.96. The summed E-state index contributed by atoms with van der Waals surface area (Å²) in [6, 6.07) is 2.25. The summed E-state index contributed by atoms with van der Waals surface area (Å²) in [5.74, 6) is -1.34. The van der Waals surface area contributed by atoms with Gasteiger partial charge < -0.3 is 10.2 Å². The molecule has 1 fully saturated rings. The first-order valence-electron chi connectivity index (χ1n) is 6.39. The van der Waals surface area contributed by atoms with Gasteiger partial charge in [0.05, 0.1) is 0 Å². The minimum absolute atomic E-state index is 0.0454. The summed E-state index contributed by atoms with van der Waals surface area (Å²) in [7, 11) is 3.11. The van der Waals surface area contributed by atoms with E-state index >= 15 is 0 Å². The molecule has 2 rings (SSSR count). The Labute approximate surface area is 111 Å². The average Bonchev–Trinajstić information content (AvgIpc) is 3.20. The van der Waals surface area contributed by atoms with Gasteiger partial charge in [-0.1, -0.05) is 0 Å². The van der Waals surface area contributed by atoms with Gasteiger partial charge in [-0.15, -0.1) is 0 Å². The predicted molar refractivity (Wildman–Crippen MR) is 70.2 cm³/mol. The monoisotopic (exact) mass is 268 g/mol. The van der Waals surface area contributed by atoms with Crippen LogP contribution in [0.15, 0.2) is 12.1 Å². The Morgan fingerprint density at radius 1 is 1.37 bits per heavy atom. The summed E-state index contributed by atoms with van der Waals surface area (Å²) in [6.07, 6.45) is 2.22. The van der Waals surface area contributed by atoms with E-state index in [1.54, 1.807) is 11.9 Å². The van der Waals surface area contributed by atoms with Crippen LogP contribution < -0.4 is 5.32 Å². The van der Waals surface area contributed by atoms with Crippen LogP contribution in [0.4, 0.5) is 14.5 Å². The Balaban J connectivity index is 2.23. The second-order valence-electron chi connectivity index (χ2n) is 5.06. The number of benzene rings is 1. The number of carbonyl (C=O) groups is 1. The molecule has 1 aromatic carbocycles. The molecule has 0 spiro atoms. The van der Waals surface area contributed by atoms with Gasteiger partial charge in [-0.25, -0.2) is 8.78 Å². The van der Waals surface area contributed by atoms with Crippen LogP contribution in [-0.4, -0.2) is 30.9 Å². The summed E-state index contributed by atoms with van der Waals surface area (Å²) in [5, 5.41) is 2.43. The summed E-state index contributed by atoms with van der Waals surface area (Å²) in [4.78, 5) is 13.8. The molecule has 1 aliphatic carbocycles. The Morgan fingerprint density at radius 2 is 1.89 bits per heavy atom. The van der Waals surface area contributed by atoms with E-state index in [4.69, 9.17) is 0 Å². The zero-order valence-corrected chi connectivity index (χ0v) is 11.3. The van der Waals surface area contributed by atoms with Gasteiger partial charge in [0, 0.05) is 25.7 Å². The molecule has 1 unspecified atom stereocenters. The highest BCUT2D eigenvalue weighted by Gasteiger charge is 2.33. The minimum Gasteiger partial charge on any atom is -0.383 e. The molecule has 1 saturated carbocycles. The topological polar surface area (TPSA) is 32.3 Å². The summed E-state index contributed by atoms with van der Waals surface area (Å²) < 4.78 is 27.3. The van der Waals surface area contributed by atoms with E-state index in [1.807, 2.05) is 6.92 Å². The van der Waals surface area contributed by atoms with Gasteiger partial charge in [-0.05, 0) is 37.8 Å². The van der Waals surface area contributed by atoms with Gasteiger partial charge in [-0.2, -0.15) is 0 Å². The third-order valence-electron chi connectivity index (χ3n) is 3.77. The second-order valence-corrected chi connectivity index (χ2v) is 5.06. The molecule has 1 atom stereocenters. The van der Waals surface area contributed by atoms with E-state index < -0.39 is 11.6 Å². The number of hydrogen-bond donors (Lipinski definition) is 1. The highest BCUT2D eigenvalue weighted by molar-refractivity contribution is 5.94. The maximum atomic E-state index is 13.6. The fourth-order valence-corrected chi connectivity index (χ4v) is 2.22. The molecule has 0 aromatic heterocycles.